The van der Waals surface area contributed by atoms with Crippen LogP contribution in [-0.2, 0) is 21.3 Å². The maximum Gasteiger partial charge on any atom is 0.250 e. The number of hydrogen-bond acceptors (Lipinski definition) is 5. The molecular weight excluding hydrogens is 296 g/mol. The number of thiophene rings is 1. The van der Waals surface area contributed by atoms with E-state index in [1.165, 1.54) is 17.8 Å². The quantitative estimate of drug-likeness (QED) is 0.837. The Hall–Kier alpha value is -0.470. The zero-order valence-electron chi connectivity index (χ0n) is 11.7. The minimum atomic E-state index is -3.42. The van der Waals surface area contributed by atoms with Crippen molar-refractivity contribution in [2.45, 2.75) is 49.5 Å². The zero-order chi connectivity index (χ0) is 14.6. The summed E-state index contributed by atoms with van der Waals surface area (Å²) in [6.45, 7) is 3.47. The van der Waals surface area contributed by atoms with Gasteiger partial charge >= 0.3 is 0 Å². The van der Waals surface area contributed by atoms with Crippen LogP contribution >= 0.6 is 11.3 Å². The lowest BCUT2D eigenvalue weighted by Gasteiger charge is -2.22. The summed E-state index contributed by atoms with van der Waals surface area (Å²) in [6.07, 6.45) is 4.22. The van der Waals surface area contributed by atoms with Gasteiger partial charge in [-0.3, -0.25) is 0 Å². The van der Waals surface area contributed by atoms with Gasteiger partial charge in [-0.2, -0.15) is 0 Å². The summed E-state index contributed by atoms with van der Waals surface area (Å²) in [5, 5.41) is 0. The number of aryl methyl sites for hydroxylation is 1. The van der Waals surface area contributed by atoms with Crippen molar-refractivity contribution < 1.29 is 13.2 Å². The number of nitrogens with one attached hydrogen (secondary N) is 1. The summed E-state index contributed by atoms with van der Waals surface area (Å²) in [4.78, 5) is 0.918. The van der Waals surface area contributed by atoms with Crippen LogP contribution in [0.25, 0.3) is 0 Å². The van der Waals surface area contributed by atoms with Crippen molar-refractivity contribution in [3.05, 3.63) is 16.5 Å². The van der Waals surface area contributed by atoms with Crippen LogP contribution in [0.1, 0.15) is 36.1 Å². The third kappa shape index (κ3) is 4.02. The van der Waals surface area contributed by atoms with Crippen LogP contribution in [0.2, 0.25) is 0 Å². The molecule has 0 radical (unpaired) electrons. The van der Waals surface area contributed by atoms with Crippen molar-refractivity contribution in [3.63, 3.8) is 0 Å². The zero-order valence-corrected chi connectivity index (χ0v) is 13.4. The topological polar surface area (TPSA) is 81.4 Å². The number of rotatable bonds is 6. The van der Waals surface area contributed by atoms with E-state index in [9.17, 15) is 8.42 Å². The Morgan fingerprint density at radius 1 is 1.50 bits per heavy atom. The standard InChI is InChI=1S/C13H22N2O3S2/c1-10-8-13(19-12(10)9-14)20(16,17)15-6-5-11-4-2-3-7-18-11/h8,11,15H,2-7,9,14H2,1H3. The first-order valence-electron chi connectivity index (χ1n) is 6.93. The molecule has 1 aromatic rings. The molecule has 2 rings (SSSR count). The first-order valence-corrected chi connectivity index (χ1v) is 9.23. The molecule has 0 aromatic carbocycles. The van der Waals surface area contributed by atoms with E-state index in [1.54, 1.807) is 6.07 Å². The van der Waals surface area contributed by atoms with Crippen molar-refractivity contribution in [1.82, 2.24) is 4.72 Å². The van der Waals surface area contributed by atoms with Crippen molar-refractivity contribution >= 4 is 21.4 Å². The smallest absolute Gasteiger partial charge is 0.250 e. The Labute approximate surface area is 124 Å². The van der Waals surface area contributed by atoms with Gasteiger partial charge in [-0.25, -0.2) is 13.1 Å². The highest BCUT2D eigenvalue weighted by molar-refractivity contribution is 7.91. The maximum absolute atomic E-state index is 12.2. The Morgan fingerprint density at radius 3 is 2.90 bits per heavy atom. The minimum absolute atomic E-state index is 0.191. The molecule has 1 fully saturated rings. The summed E-state index contributed by atoms with van der Waals surface area (Å²) in [5.41, 5.74) is 6.52. The number of nitrogens with two attached hydrogens (primary N) is 1. The molecule has 7 heteroatoms. The van der Waals surface area contributed by atoms with Crippen LogP contribution < -0.4 is 10.5 Å². The molecule has 1 atom stereocenters. The van der Waals surface area contributed by atoms with E-state index in [4.69, 9.17) is 10.5 Å². The molecule has 1 unspecified atom stereocenters. The van der Waals surface area contributed by atoms with Crippen molar-refractivity contribution in [1.29, 1.82) is 0 Å². The fraction of sp³-hybridized carbons (Fsp3) is 0.692. The average molecular weight is 318 g/mol. The first-order chi connectivity index (χ1) is 9.53. The van der Waals surface area contributed by atoms with E-state index < -0.39 is 10.0 Å². The monoisotopic (exact) mass is 318 g/mol. The number of ether oxygens (including phenoxy) is 1. The van der Waals surface area contributed by atoms with Crippen LogP contribution in [0.4, 0.5) is 0 Å². The fourth-order valence-corrected chi connectivity index (χ4v) is 4.84. The van der Waals surface area contributed by atoms with Gasteiger partial charge in [0.1, 0.15) is 4.21 Å². The van der Waals surface area contributed by atoms with Gasteiger partial charge in [-0.05, 0) is 44.2 Å². The lowest BCUT2D eigenvalue weighted by molar-refractivity contribution is 0.0123. The van der Waals surface area contributed by atoms with Crippen LogP contribution in [0.3, 0.4) is 0 Å². The van der Waals surface area contributed by atoms with Crippen LogP contribution in [0.15, 0.2) is 10.3 Å². The highest BCUT2D eigenvalue weighted by Crippen LogP contribution is 2.25. The second kappa shape index (κ2) is 7.00. The largest absolute Gasteiger partial charge is 0.378 e. The maximum atomic E-state index is 12.2. The van der Waals surface area contributed by atoms with Gasteiger partial charge < -0.3 is 10.5 Å². The van der Waals surface area contributed by atoms with E-state index in [0.29, 0.717) is 17.3 Å². The Morgan fingerprint density at radius 2 is 2.30 bits per heavy atom. The molecule has 0 amide bonds. The lowest BCUT2D eigenvalue weighted by Crippen LogP contribution is -2.29. The SMILES string of the molecule is Cc1cc(S(=O)(=O)NCCC2CCCCO2)sc1CN. The van der Waals surface area contributed by atoms with Crippen LogP contribution in [0, 0.1) is 6.92 Å². The van der Waals surface area contributed by atoms with Gasteiger partial charge in [-0.1, -0.05) is 0 Å². The Kier molecular flexibility index (Phi) is 5.57. The van der Waals surface area contributed by atoms with Gasteiger partial charge in [-0.15, -0.1) is 11.3 Å². The highest BCUT2D eigenvalue weighted by Gasteiger charge is 2.19. The van der Waals surface area contributed by atoms with Gasteiger partial charge in [0.2, 0.25) is 10.0 Å². The van der Waals surface area contributed by atoms with E-state index in [2.05, 4.69) is 4.72 Å². The first kappa shape index (κ1) is 15.9. The highest BCUT2D eigenvalue weighted by atomic mass is 32.2. The average Bonchev–Trinajstić information content (AvgIpc) is 2.82. The third-order valence-electron chi connectivity index (χ3n) is 3.48. The molecule has 114 valence electrons. The molecule has 20 heavy (non-hydrogen) atoms. The van der Waals surface area contributed by atoms with Gasteiger partial charge in [0.05, 0.1) is 6.10 Å². The summed E-state index contributed by atoms with van der Waals surface area (Å²) in [5.74, 6) is 0. The molecule has 0 bridgehead atoms. The number of hydrogen-bond donors (Lipinski definition) is 2. The van der Waals surface area contributed by atoms with Gasteiger partial charge in [0.25, 0.3) is 0 Å². The summed E-state index contributed by atoms with van der Waals surface area (Å²) < 4.78 is 32.9. The predicted octanol–water partition coefficient (Wildman–Crippen LogP) is 1.75. The third-order valence-corrected chi connectivity index (χ3v) is 6.67. The minimum Gasteiger partial charge on any atom is -0.378 e. The van der Waals surface area contributed by atoms with Gasteiger partial charge in [0.15, 0.2) is 0 Å². The van der Waals surface area contributed by atoms with E-state index in [-0.39, 0.29) is 6.10 Å². The molecule has 3 N–H and O–H groups in total. The molecule has 5 nitrogen and oxygen atoms in total. The molecular formula is C13H22N2O3S2. The fourth-order valence-electron chi connectivity index (χ4n) is 2.28. The predicted molar refractivity (Wildman–Crippen MR) is 80.3 cm³/mol. The lowest BCUT2D eigenvalue weighted by atomic mass is 10.1. The molecule has 1 aliphatic heterocycles. The van der Waals surface area contributed by atoms with E-state index in [0.717, 1.165) is 36.3 Å². The summed E-state index contributed by atoms with van der Waals surface area (Å²) in [6, 6.07) is 1.69. The second-order valence-corrected chi connectivity index (χ2v) is 8.18. The molecule has 1 aliphatic rings. The Balaban J connectivity index is 1.89. The van der Waals surface area contributed by atoms with Gasteiger partial charge in [0, 0.05) is 24.6 Å². The molecule has 0 saturated carbocycles. The summed E-state index contributed by atoms with van der Waals surface area (Å²) >= 11 is 1.25. The normalized spacial score (nSPS) is 20.2. The molecule has 1 aromatic heterocycles. The van der Waals surface area contributed by atoms with Crippen LogP contribution in [-0.4, -0.2) is 27.7 Å². The Bertz CT molecular complexity index is 534. The number of sulfonamides is 1. The van der Waals surface area contributed by atoms with Crippen molar-refractivity contribution in [2.24, 2.45) is 5.73 Å². The summed E-state index contributed by atoms with van der Waals surface area (Å²) in [7, 11) is -3.42. The van der Waals surface area contributed by atoms with E-state index >= 15 is 0 Å². The molecule has 2 heterocycles. The second-order valence-electron chi connectivity index (χ2n) is 5.05. The molecule has 1 saturated heterocycles. The van der Waals surface area contributed by atoms with E-state index in [1.807, 2.05) is 6.92 Å². The van der Waals surface area contributed by atoms with Crippen LogP contribution in [0.5, 0.6) is 0 Å². The molecule has 0 spiro atoms. The van der Waals surface area contributed by atoms with Crippen molar-refractivity contribution in [3.8, 4) is 0 Å². The van der Waals surface area contributed by atoms with Crippen molar-refractivity contribution in [2.75, 3.05) is 13.2 Å². The molecule has 0 aliphatic carbocycles.